The second-order valence-corrected chi connectivity index (χ2v) is 8.50. The normalized spacial score (nSPS) is 15.0. The first kappa shape index (κ1) is 23.9. The molecular formula is C25H28ClN3O5. The van der Waals surface area contributed by atoms with E-state index in [4.69, 9.17) is 21.1 Å². The van der Waals surface area contributed by atoms with Crippen LogP contribution in [0.15, 0.2) is 30.3 Å². The van der Waals surface area contributed by atoms with Crippen LogP contribution in [-0.2, 0) is 0 Å². The molecule has 1 aliphatic heterocycles. The van der Waals surface area contributed by atoms with Gasteiger partial charge in [0.1, 0.15) is 17.1 Å². The third kappa shape index (κ3) is 4.19. The SMILES string of the molecule is CCCOc1ccc(C2c3c(-c4cc(Cl)c(C)cc4O)n[nH]c3C(=O)N2CCO)cc1OCC. The third-order valence-electron chi connectivity index (χ3n) is 5.78. The minimum Gasteiger partial charge on any atom is -0.507 e. The van der Waals surface area contributed by atoms with Gasteiger partial charge in [-0.1, -0.05) is 24.6 Å². The number of nitrogens with one attached hydrogen (secondary N) is 1. The Morgan fingerprint density at radius 2 is 1.97 bits per heavy atom. The van der Waals surface area contributed by atoms with Gasteiger partial charge in [-0.05, 0) is 55.7 Å². The summed E-state index contributed by atoms with van der Waals surface area (Å²) in [4.78, 5) is 14.8. The lowest BCUT2D eigenvalue weighted by atomic mass is 9.95. The van der Waals surface area contributed by atoms with Crippen LogP contribution in [0.5, 0.6) is 17.2 Å². The molecule has 0 saturated heterocycles. The number of aryl methyl sites for hydroxylation is 1. The van der Waals surface area contributed by atoms with Crippen molar-refractivity contribution in [2.45, 2.75) is 33.2 Å². The zero-order valence-electron chi connectivity index (χ0n) is 19.4. The number of aliphatic hydroxyl groups excluding tert-OH is 1. The quantitative estimate of drug-likeness (QED) is 0.412. The number of aromatic nitrogens is 2. The number of β-amino-alcohol motifs (C(OH)–C–C–N with tert-alkyl or cyclic N) is 1. The van der Waals surface area contributed by atoms with Gasteiger partial charge in [0.05, 0.1) is 25.9 Å². The molecule has 4 rings (SSSR count). The van der Waals surface area contributed by atoms with Gasteiger partial charge in [-0.2, -0.15) is 5.10 Å². The predicted octanol–water partition coefficient (Wildman–Crippen LogP) is 4.47. The van der Waals surface area contributed by atoms with Crippen molar-refractivity contribution in [3.05, 3.63) is 57.7 Å². The van der Waals surface area contributed by atoms with Gasteiger partial charge >= 0.3 is 0 Å². The molecule has 1 unspecified atom stereocenters. The van der Waals surface area contributed by atoms with Crippen LogP contribution in [0, 0.1) is 6.92 Å². The number of rotatable bonds is 9. The van der Waals surface area contributed by atoms with Crippen molar-refractivity contribution in [3.8, 4) is 28.5 Å². The van der Waals surface area contributed by atoms with Gasteiger partial charge in [0, 0.05) is 22.7 Å². The number of hydrogen-bond acceptors (Lipinski definition) is 6. The first-order valence-corrected chi connectivity index (χ1v) is 11.7. The highest BCUT2D eigenvalue weighted by molar-refractivity contribution is 6.31. The van der Waals surface area contributed by atoms with Crippen LogP contribution in [0.3, 0.4) is 0 Å². The Morgan fingerprint density at radius 3 is 2.68 bits per heavy atom. The highest BCUT2D eigenvalue weighted by Gasteiger charge is 2.42. The van der Waals surface area contributed by atoms with Crippen molar-refractivity contribution < 1.29 is 24.5 Å². The first-order chi connectivity index (χ1) is 16.4. The van der Waals surface area contributed by atoms with E-state index in [1.54, 1.807) is 24.0 Å². The number of benzene rings is 2. The van der Waals surface area contributed by atoms with Crippen molar-refractivity contribution >= 4 is 17.5 Å². The number of aromatic amines is 1. The van der Waals surface area contributed by atoms with E-state index in [0.29, 0.717) is 52.3 Å². The summed E-state index contributed by atoms with van der Waals surface area (Å²) in [6, 6.07) is 8.22. The number of H-pyrrole nitrogens is 1. The zero-order valence-corrected chi connectivity index (χ0v) is 20.1. The lowest BCUT2D eigenvalue weighted by Gasteiger charge is -2.26. The number of fused-ring (bicyclic) bond motifs is 1. The van der Waals surface area contributed by atoms with Gasteiger partial charge in [-0.3, -0.25) is 9.89 Å². The molecule has 0 radical (unpaired) electrons. The first-order valence-electron chi connectivity index (χ1n) is 11.3. The molecule has 180 valence electrons. The maximum absolute atomic E-state index is 13.2. The van der Waals surface area contributed by atoms with E-state index in [-0.39, 0.29) is 24.8 Å². The molecular weight excluding hydrogens is 458 g/mol. The molecule has 0 spiro atoms. The van der Waals surface area contributed by atoms with Crippen molar-refractivity contribution in [3.63, 3.8) is 0 Å². The lowest BCUT2D eigenvalue weighted by molar-refractivity contribution is 0.0706. The molecule has 1 amide bonds. The summed E-state index contributed by atoms with van der Waals surface area (Å²) in [5, 5.41) is 28.0. The van der Waals surface area contributed by atoms with E-state index in [9.17, 15) is 15.0 Å². The van der Waals surface area contributed by atoms with Crippen LogP contribution in [0.25, 0.3) is 11.3 Å². The van der Waals surface area contributed by atoms with Crippen LogP contribution < -0.4 is 9.47 Å². The maximum atomic E-state index is 13.2. The smallest absolute Gasteiger partial charge is 0.273 e. The number of aromatic hydroxyl groups is 1. The number of carbonyl (C=O) groups excluding carboxylic acids is 1. The Kier molecular flexibility index (Phi) is 7.00. The average Bonchev–Trinajstić information content (AvgIpc) is 3.35. The van der Waals surface area contributed by atoms with Gasteiger partial charge in [-0.15, -0.1) is 0 Å². The number of nitrogens with zero attached hydrogens (tertiary/aromatic N) is 2. The minimum absolute atomic E-state index is 0.0151. The molecule has 34 heavy (non-hydrogen) atoms. The molecule has 3 aromatic rings. The van der Waals surface area contributed by atoms with Crippen LogP contribution in [0.2, 0.25) is 5.02 Å². The summed E-state index contributed by atoms with van der Waals surface area (Å²) in [5.41, 5.74) is 3.27. The van der Waals surface area contributed by atoms with E-state index >= 15 is 0 Å². The Morgan fingerprint density at radius 1 is 1.18 bits per heavy atom. The van der Waals surface area contributed by atoms with Gasteiger partial charge in [0.2, 0.25) is 0 Å². The highest BCUT2D eigenvalue weighted by Crippen LogP contribution is 2.46. The fraction of sp³-hybridized carbons (Fsp3) is 0.360. The van der Waals surface area contributed by atoms with Crippen molar-refractivity contribution in [1.29, 1.82) is 0 Å². The molecule has 2 heterocycles. The Balaban J connectivity index is 1.87. The van der Waals surface area contributed by atoms with E-state index in [2.05, 4.69) is 10.2 Å². The van der Waals surface area contributed by atoms with Crippen LogP contribution in [-0.4, -0.2) is 57.6 Å². The molecule has 1 aromatic heterocycles. The predicted molar refractivity (Wildman–Crippen MR) is 129 cm³/mol. The van der Waals surface area contributed by atoms with Crippen LogP contribution in [0.1, 0.15) is 53.5 Å². The summed E-state index contributed by atoms with van der Waals surface area (Å²) in [6.45, 7) is 6.66. The summed E-state index contributed by atoms with van der Waals surface area (Å²) < 4.78 is 11.7. The third-order valence-corrected chi connectivity index (χ3v) is 6.19. The Hall–Kier alpha value is -3.23. The largest absolute Gasteiger partial charge is 0.507 e. The molecule has 3 N–H and O–H groups in total. The molecule has 2 aromatic carbocycles. The molecule has 8 nitrogen and oxygen atoms in total. The van der Waals surface area contributed by atoms with Crippen LogP contribution in [0.4, 0.5) is 0 Å². The number of ether oxygens (including phenoxy) is 2. The lowest BCUT2D eigenvalue weighted by Crippen LogP contribution is -2.32. The molecule has 0 fully saturated rings. The molecule has 9 heteroatoms. The zero-order chi connectivity index (χ0) is 24.4. The van der Waals surface area contributed by atoms with E-state index < -0.39 is 6.04 Å². The summed E-state index contributed by atoms with van der Waals surface area (Å²) in [5.74, 6) is 0.932. The van der Waals surface area contributed by atoms with E-state index in [0.717, 1.165) is 17.5 Å². The van der Waals surface area contributed by atoms with Crippen molar-refractivity contribution in [2.24, 2.45) is 0 Å². The molecule has 1 atom stereocenters. The van der Waals surface area contributed by atoms with Gasteiger partial charge in [-0.25, -0.2) is 0 Å². The average molecular weight is 486 g/mol. The van der Waals surface area contributed by atoms with Gasteiger partial charge in [0.25, 0.3) is 5.91 Å². The van der Waals surface area contributed by atoms with Crippen molar-refractivity contribution in [1.82, 2.24) is 15.1 Å². The monoisotopic (exact) mass is 485 g/mol. The fourth-order valence-corrected chi connectivity index (χ4v) is 4.40. The standard InChI is InChI=1S/C25H28ClN3O5/c1-4-10-34-19-7-6-15(12-20(19)33-5-2)24-21-22(16-13-17(26)14(3)11-18(16)31)27-28-23(21)25(32)29(24)8-9-30/h6-7,11-13,24,30-31H,4-5,8-10H2,1-3H3,(H,27,28). The van der Waals surface area contributed by atoms with Crippen LogP contribution >= 0.6 is 11.6 Å². The van der Waals surface area contributed by atoms with Gasteiger partial charge in [0.15, 0.2) is 11.5 Å². The second kappa shape index (κ2) is 9.95. The number of hydrogen-bond donors (Lipinski definition) is 3. The van der Waals surface area contributed by atoms with E-state index in [1.165, 1.54) is 0 Å². The number of phenolic OH excluding ortho intramolecular Hbond substituents is 1. The topological polar surface area (TPSA) is 108 Å². The molecule has 0 aliphatic carbocycles. The number of aliphatic hydroxyl groups is 1. The molecule has 0 saturated carbocycles. The molecule has 0 bridgehead atoms. The Bertz CT molecular complexity index is 1210. The minimum atomic E-state index is -0.553. The number of carbonyl (C=O) groups is 1. The fourth-order valence-electron chi connectivity index (χ4n) is 4.24. The van der Waals surface area contributed by atoms with E-state index in [1.807, 2.05) is 32.0 Å². The number of amides is 1. The highest BCUT2D eigenvalue weighted by atomic mass is 35.5. The number of halogens is 1. The molecule has 1 aliphatic rings. The van der Waals surface area contributed by atoms with Crippen molar-refractivity contribution in [2.75, 3.05) is 26.4 Å². The summed E-state index contributed by atoms with van der Waals surface area (Å²) >= 11 is 6.34. The number of phenols is 1. The maximum Gasteiger partial charge on any atom is 0.273 e. The summed E-state index contributed by atoms with van der Waals surface area (Å²) in [7, 11) is 0. The summed E-state index contributed by atoms with van der Waals surface area (Å²) in [6.07, 6.45) is 0.860. The van der Waals surface area contributed by atoms with Gasteiger partial charge < -0.3 is 24.6 Å². The second-order valence-electron chi connectivity index (χ2n) is 8.09. The Labute approximate surface area is 203 Å².